The third kappa shape index (κ3) is 2.96. The molecule has 0 spiro atoms. The predicted molar refractivity (Wildman–Crippen MR) is 80.2 cm³/mol. The minimum Gasteiger partial charge on any atom is -0.462 e. The Hall–Kier alpha value is -1.93. The maximum absolute atomic E-state index is 11.6. The molecule has 1 aliphatic rings. The molecule has 1 saturated heterocycles. The summed E-state index contributed by atoms with van der Waals surface area (Å²) in [6.45, 7) is 3.23. The van der Waals surface area contributed by atoms with Crippen LogP contribution in [0.2, 0.25) is 0 Å². The molecule has 2 heterocycles. The van der Waals surface area contributed by atoms with Gasteiger partial charge in [-0.1, -0.05) is 0 Å². The van der Waals surface area contributed by atoms with Crippen LogP contribution >= 0.6 is 0 Å². The Morgan fingerprint density at radius 3 is 2.57 bits per heavy atom. The zero-order chi connectivity index (χ0) is 16.7. The van der Waals surface area contributed by atoms with Crippen molar-refractivity contribution >= 4 is 11.0 Å². The molecule has 0 radical (unpaired) electrons. The van der Waals surface area contributed by atoms with E-state index in [1.807, 2.05) is 0 Å². The maximum Gasteiger partial charge on any atom is 0.339 e. The van der Waals surface area contributed by atoms with E-state index in [0.717, 1.165) is 5.39 Å². The number of ether oxygens (including phenoxy) is 2. The van der Waals surface area contributed by atoms with Gasteiger partial charge in [-0.2, -0.15) is 0 Å². The fourth-order valence-corrected chi connectivity index (χ4v) is 2.51. The topological polar surface area (TPSA) is 109 Å². The van der Waals surface area contributed by atoms with E-state index >= 15 is 0 Å². The van der Waals surface area contributed by atoms with Gasteiger partial charge in [-0.15, -0.1) is 0 Å². The Balaban J connectivity index is 1.86. The van der Waals surface area contributed by atoms with Gasteiger partial charge in [0.25, 0.3) is 0 Å². The molecule has 5 atom stereocenters. The van der Waals surface area contributed by atoms with Gasteiger partial charge in [0.2, 0.25) is 6.29 Å². The summed E-state index contributed by atoms with van der Waals surface area (Å²) < 4.78 is 16.1. The number of aliphatic hydroxyl groups is 3. The lowest BCUT2D eigenvalue weighted by atomic mass is 10.00. The van der Waals surface area contributed by atoms with Gasteiger partial charge >= 0.3 is 5.63 Å². The lowest BCUT2D eigenvalue weighted by Gasteiger charge is -2.38. The van der Waals surface area contributed by atoms with E-state index < -0.39 is 36.3 Å². The standard InChI is InChI=1S/C16H18O7/c1-7-5-9-3-4-10(6-11(9)23-15(7)20)22-16-14(19)13(18)12(17)8(2)21-16/h3-6,8,12-14,16-19H,1-2H3/t8-,12-,13+,14-,16+/m1/s1. The number of aliphatic hydroxyl groups excluding tert-OH is 3. The monoisotopic (exact) mass is 322 g/mol. The molecule has 2 aromatic rings. The molecule has 0 saturated carbocycles. The van der Waals surface area contributed by atoms with Crippen LogP contribution in [0.1, 0.15) is 12.5 Å². The average Bonchev–Trinajstić information content (AvgIpc) is 2.52. The first-order valence-corrected chi connectivity index (χ1v) is 7.27. The SMILES string of the molecule is Cc1cc2ccc(O[C@@H]3O[C@H](C)[C@@H](O)[C@H](O)[C@H]3O)cc2oc1=O. The Labute approximate surface area is 131 Å². The van der Waals surface area contributed by atoms with Crippen molar-refractivity contribution in [2.45, 2.75) is 44.6 Å². The van der Waals surface area contributed by atoms with E-state index in [4.69, 9.17) is 13.9 Å². The van der Waals surface area contributed by atoms with Crippen molar-refractivity contribution in [1.29, 1.82) is 0 Å². The van der Waals surface area contributed by atoms with E-state index in [9.17, 15) is 20.1 Å². The Morgan fingerprint density at radius 2 is 1.83 bits per heavy atom. The number of hydrogen-bond donors (Lipinski definition) is 3. The van der Waals surface area contributed by atoms with Crippen molar-refractivity contribution in [2.24, 2.45) is 0 Å². The normalized spacial score (nSPS) is 31.3. The van der Waals surface area contributed by atoms with E-state index in [-0.39, 0.29) is 0 Å². The number of aryl methyl sites for hydroxylation is 1. The zero-order valence-corrected chi connectivity index (χ0v) is 12.7. The Bertz CT molecular complexity index is 769. The van der Waals surface area contributed by atoms with Crippen LogP contribution < -0.4 is 10.4 Å². The summed E-state index contributed by atoms with van der Waals surface area (Å²) in [5, 5.41) is 30.1. The van der Waals surface area contributed by atoms with Crippen LogP contribution in [0.15, 0.2) is 33.5 Å². The first kappa shape index (κ1) is 15.9. The highest BCUT2D eigenvalue weighted by atomic mass is 16.7. The van der Waals surface area contributed by atoms with Crippen molar-refractivity contribution in [3.63, 3.8) is 0 Å². The molecule has 1 fully saturated rings. The molecule has 3 rings (SSSR count). The summed E-state index contributed by atoms with van der Waals surface area (Å²) in [6, 6.07) is 6.57. The zero-order valence-electron chi connectivity index (χ0n) is 12.7. The molecule has 1 aromatic heterocycles. The predicted octanol–water partition coefficient (Wildman–Crippen LogP) is 0.308. The first-order chi connectivity index (χ1) is 10.9. The van der Waals surface area contributed by atoms with E-state index in [2.05, 4.69) is 0 Å². The number of fused-ring (bicyclic) bond motifs is 1. The highest BCUT2D eigenvalue weighted by Crippen LogP contribution is 2.26. The van der Waals surface area contributed by atoms with Crippen LogP contribution in [0.25, 0.3) is 11.0 Å². The summed E-state index contributed by atoms with van der Waals surface area (Å²) in [7, 11) is 0. The van der Waals surface area contributed by atoms with Crippen molar-refractivity contribution in [2.75, 3.05) is 0 Å². The number of benzene rings is 1. The fraction of sp³-hybridized carbons (Fsp3) is 0.438. The number of rotatable bonds is 2. The van der Waals surface area contributed by atoms with Crippen LogP contribution in [-0.4, -0.2) is 46.0 Å². The molecule has 3 N–H and O–H groups in total. The quantitative estimate of drug-likeness (QED) is 0.683. The third-order valence-corrected chi connectivity index (χ3v) is 3.94. The summed E-state index contributed by atoms with van der Waals surface area (Å²) in [5.74, 6) is 0.310. The number of hydrogen-bond acceptors (Lipinski definition) is 7. The second kappa shape index (κ2) is 5.93. The van der Waals surface area contributed by atoms with Gasteiger partial charge in [-0.05, 0) is 32.0 Å². The van der Waals surface area contributed by atoms with Crippen molar-refractivity contribution in [3.05, 3.63) is 40.2 Å². The van der Waals surface area contributed by atoms with Crippen LogP contribution in [0.5, 0.6) is 5.75 Å². The van der Waals surface area contributed by atoms with Crippen LogP contribution in [-0.2, 0) is 4.74 Å². The Morgan fingerprint density at radius 1 is 1.09 bits per heavy atom. The fourth-order valence-electron chi connectivity index (χ4n) is 2.51. The molecule has 7 nitrogen and oxygen atoms in total. The second-order valence-corrected chi connectivity index (χ2v) is 5.72. The molecule has 23 heavy (non-hydrogen) atoms. The van der Waals surface area contributed by atoms with Gasteiger partial charge in [0.05, 0.1) is 6.10 Å². The van der Waals surface area contributed by atoms with Crippen LogP contribution in [0.3, 0.4) is 0 Å². The smallest absolute Gasteiger partial charge is 0.339 e. The van der Waals surface area contributed by atoms with Crippen molar-refractivity contribution in [1.82, 2.24) is 0 Å². The van der Waals surface area contributed by atoms with Gasteiger partial charge in [-0.3, -0.25) is 0 Å². The lowest BCUT2D eigenvalue weighted by Crippen LogP contribution is -2.58. The molecular weight excluding hydrogens is 304 g/mol. The summed E-state index contributed by atoms with van der Waals surface area (Å²) in [6.07, 6.45) is -5.80. The van der Waals surface area contributed by atoms with Gasteiger partial charge < -0.3 is 29.2 Å². The molecule has 124 valence electrons. The van der Waals surface area contributed by atoms with Gasteiger partial charge in [0.1, 0.15) is 29.6 Å². The highest BCUT2D eigenvalue weighted by molar-refractivity contribution is 5.78. The van der Waals surface area contributed by atoms with Crippen LogP contribution in [0, 0.1) is 6.92 Å². The summed E-state index contributed by atoms with van der Waals surface area (Å²) in [4.78, 5) is 11.6. The molecule has 0 bridgehead atoms. The Kier molecular flexibility index (Phi) is 4.11. The maximum atomic E-state index is 11.6. The molecular formula is C16H18O7. The molecule has 0 aliphatic carbocycles. The summed E-state index contributed by atoms with van der Waals surface area (Å²) >= 11 is 0. The molecule has 0 unspecified atom stereocenters. The van der Waals surface area contributed by atoms with Gasteiger partial charge in [0, 0.05) is 17.0 Å². The largest absolute Gasteiger partial charge is 0.462 e. The van der Waals surface area contributed by atoms with E-state index in [0.29, 0.717) is 16.9 Å². The third-order valence-electron chi connectivity index (χ3n) is 3.94. The highest BCUT2D eigenvalue weighted by Gasteiger charge is 2.43. The summed E-state index contributed by atoms with van der Waals surface area (Å²) in [5.41, 5.74) is 0.413. The van der Waals surface area contributed by atoms with Crippen molar-refractivity contribution in [3.8, 4) is 5.75 Å². The van der Waals surface area contributed by atoms with E-state index in [1.54, 1.807) is 32.0 Å². The molecule has 1 aliphatic heterocycles. The van der Waals surface area contributed by atoms with Crippen molar-refractivity contribution < 1.29 is 29.2 Å². The van der Waals surface area contributed by atoms with Gasteiger partial charge in [-0.25, -0.2) is 4.79 Å². The molecule has 7 heteroatoms. The lowest BCUT2D eigenvalue weighted by molar-refractivity contribution is -0.268. The van der Waals surface area contributed by atoms with E-state index in [1.165, 1.54) is 6.07 Å². The second-order valence-electron chi connectivity index (χ2n) is 5.72. The molecule has 0 amide bonds. The average molecular weight is 322 g/mol. The molecule has 1 aromatic carbocycles. The first-order valence-electron chi connectivity index (χ1n) is 7.27. The minimum atomic E-state index is -1.40. The van der Waals surface area contributed by atoms with Gasteiger partial charge in [0.15, 0.2) is 0 Å². The minimum absolute atomic E-state index is 0.310. The van der Waals surface area contributed by atoms with Crippen LogP contribution in [0.4, 0.5) is 0 Å².